The van der Waals surface area contributed by atoms with E-state index in [0.717, 1.165) is 49.9 Å². The fraction of sp³-hybridized carbons (Fsp3) is 0.444. The molecule has 0 spiro atoms. The lowest BCUT2D eigenvalue weighted by molar-refractivity contribution is 0.193. The van der Waals surface area contributed by atoms with Gasteiger partial charge in [0, 0.05) is 25.1 Å². The normalized spacial score (nSPS) is 17.2. The molecule has 2 heterocycles. The first-order valence-corrected chi connectivity index (χ1v) is 8.21. The lowest BCUT2D eigenvalue weighted by Crippen LogP contribution is -2.09. The fourth-order valence-electron chi connectivity index (χ4n) is 2.79. The topological polar surface area (TPSA) is 56.3 Å². The summed E-state index contributed by atoms with van der Waals surface area (Å²) >= 11 is 0. The average molecular weight is 313 g/mol. The van der Waals surface area contributed by atoms with Crippen LogP contribution in [-0.4, -0.2) is 36.3 Å². The summed E-state index contributed by atoms with van der Waals surface area (Å²) in [5.74, 6) is 2.23. The van der Waals surface area contributed by atoms with Crippen molar-refractivity contribution in [3.8, 4) is 5.75 Å². The SMILES string of the molecule is CCOc1ccccc1CCNc1cc([C@H]2CCOC2)ncn1. The van der Waals surface area contributed by atoms with E-state index in [9.17, 15) is 0 Å². The molecule has 0 unspecified atom stereocenters. The number of para-hydroxylation sites is 1. The minimum absolute atomic E-state index is 0.400. The van der Waals surface area contributed by atoms with Crippen molar-refractivity contribution in [1.29, 1.82) is 0 Å². The molecule has 1 atom stereocenters. The highest BCUT2D eigenvalue weighted by Crippen LogP contribution is 2.24. The number of anilines is 1. The second-order valence-corrected chi connectivity index (χ2v) is 5.61. The minimum Gasteiger partial charge on any atom is -0.494 e. The first-order chi connectivity index (χ1) is 11.4. The van der Waals surface area contributed by atoms with Gasteiger partial charge in [-0.3, -0.25) is 0 Å². The summed E-state index contributed by atoms with van der Waals surface area (Å²) in [5.41, 5.74) is 2.27. The number of hydrogen-bond donors (Lipinski definition) is 1. The lowest BCUT2D eigenvalue weighted by Gasteiger charge is -2.12. The predicted octanol–water partition coefficient (Wildman–Crippen LogP) is 3.03. The largest absolute Gasteiger partial charge is 0.494 e. The van der Waals surface area contributed by atoms with Crippen LogP contribution >= 0.6 is 0 Å². The first kappa shape index (κ1) is 15.7. The van der Waals surface area contributed by atoms with E-state index >= 15 is 0 Å². The Morgan fingerprint density at radius 1 is 1.30 bits per heavy atom. The molecule has 2 aromatic rings. The Balaban J connectivity index is 1.57. The summed E-state index contributed by atoms with van der Waals surface area (Å²) < 4.78 is 11.1. The zero-order valence-electron chi connectivity index (χ0n) is 13.5. The number of ether oxygens (including phenoxy) is 2. The van der Waals surface area contributed by atoms with E-state index in [1.165, 1.54) is 5.56 Å². The molecule has 1 saturated heterocycles. The highest BCUT2D eigenvalue weighted by atomic mass is 16.5. The van der Waals surface area contributed by atoms with Crippen LogP contribution < -0.4 is 10.1 Å². The molecule has 1 aliphatic heterocycles. The fourth-order valence-corrected chi connectivity index (χ4v) is 2.79. The van der Waals surface area contributed by atoms with Crippen LogP contribution in [0.2, 0.25) is 0 Å². The molecular weight excluding hydrogens is 290 g/mol. The third-order valence-electron chi connectivity index (χ3n) is 4.01. The van der Waals surface area contributed by atoms with Crippen molar-refractivity contribution in [2.24, 2.45) is 0 Å². The number of rotatable bonds is 7. The minimum atomic E-state index is 0.400. The zero-order valence-corrected chi connectivity index (χ0v) is 13.5. The summed E-state index contributed by atoms with van der Waals surface area (Å²) in [5, 5.41) is 3.38. The number of aromatic nitrogens is 2. The lowest BCUT2D eigenvalue weighted by atomic mass is 10.1. The third kappa shape index (κ3) is 4.20. The quantitative estimate of drug-likeness (QED) is 0.851. The number of benzene rings is 1. The molecule has 122 valence electrons. The van der Waals surface area contributed by atoms with Crippen LogP contribution in [0.5, 0.6) is 5.75 Å². The van der Waals surface area contributed by atoms with Gasteiger partial charge in [-0.15, -0.1) is 0 Å². The van der Waals surface area contributed by atoms with E-state index in [0.29, 0.717) is 12.5 Å². The number of nitrogens with zero attached hydrogens (tertiary/aromatic N) is 2. The Hall–Kier alpha value is -2.14. The van der Waals surface area contributed by atoms with Gasteiger partial charge in [0.05, 0.1) is 18.9 Å². The highest BCUT2D eigenvalue weighted by Gasteiger charge is 2.19. The molecule has 1 aromatic carbocycles. The molecule has 1 aromatic heterocycles. The van der Waals surface area contributed by atoms with E-state index in [4.69, 9.17) is 9.47 Å². The summed E-state index contributed by atoms with van der Waals surface area (Å²) in [4.78, 5) is 8.68. The molecule has 0 saturated carbocycles. The van der Waals surface area contributed by atoms with Crippen molar-refractivity contribution < 1.29 is 9.47 Å². The van der Waals surface area contributed by atoms with E-state index in [1.807, 2.05) is 31.2 Å². The van der Waals surface area contributed by atoms with Crippen LogP contribution in [0.1, 0.15) is 30.5 Å². The Morgan fingerprint density at radius 3 is 3.04 bits per heavy atom. The summed E-state index contributed by atoms with van der Waals surface area (Å²) in [6.07, 6.45) is 3.56. The third-order valence-corrected chi connectivity index (χ3v) is 4.01. The van der Waals surface area contributed by atoms with Gasteiger partial charge >= 0.3 is 0 Å². The van der Waals surface area contributed by atoms with Gasteiger partial charge in [-0.25, -0.2) is 9.97 Å². The zero-order chi connectivity index (χ0) is 15.9. The molecule has 0 radical (unpaired) electrons. The second kappa shape index (κ2) is 7.92. The van der Waals surface area contributed by atoms with Crippen LogP contribution in [0.4, 0.5) is 5.82 Å². The molecule has 0 aliphatic carbocycles. The van der Waals surface area contributed by atoms with Crippen molar-refractivity contribution in [3.63, 3.8) is 0 Å². The number of nitrogens with one attached hydrogen (secondary N) is 1. The maximum atomic E-state index is 5.66. The second-order valence-electron chi connectivity index (χ2n) is 5.61. The monoisotopic (exact) mass is 313 g/mol. The first-order valence-electron chi connectivity index (χ1n) is 8.21. The molecule has 5 heteroatoms. The summed E-state index contributed by atoms with van der Waals surface area (Å²) in [6, 6.07) is 10.2. The van der Waals surface area contributed by atoms with Crippen LogP contribution in [0.15, 0.2) is 36.7 Å². The Bertz CT molecular complexity index is 627. The van der Waals surface area contributed by atoms with Gasteiger partial charge in [-0.2, -0.15) is 0 Å². The van der Waals surface area contributed by atoms with Gasteiger partial charge in [-0.05, 0) is 31.4 Å². The van der Waals surface area contributed by atoms with Crippen molar-refractivity contribution in [1.82, 2.24) is 9.97 Å². The smallest absolute Gasteiger partial charge is 0.129 e. The van der Waals surface area contributed by atoms with Crippen molar-refractivity contribution in [2.45, 2.75) is 25.7 Å². The van der Waals surface area contributed by atoms with Crippen molar-refractivity contribution in [3.05, 3.63) is 47.9 Å². The predicted molar refractivity (Wildman–Crippen MR) is 90.0 cm³/mol. The highest BCUT2D eigenvalue weighted by molar-refractivity contribution is 5.38. The van der Waals surface area contributed by atoms with Gasteiger partial charge < -0.3 is 14.8 Å². The van der Waals surface area contributed by atoms with E-state index in [1.54, 1.807) is 6.33 Å². The Kier molecular flexibility index (Phi) is 5.42. The molecule has 5 nitrogen and oxygen atoms in total. The van der Waals surface area contributed by atoms with Crippen LogP contribution in [0, 0.1) is 0 Å². The van der Waals surface area contributed by atoms with Crippen LogP contribution in [0.25, 0.3) is 0 Å². The molecular formula is C18H23N3O2. The Labute approximate surface area is 137 Å². The summed E-state index contributed by atoms with van der Waals surface area (Å²) in [6.45, 7) is 5.08. The molecule has 0 bridgehead atoms. The van der Waals surface area contributed by atoms with Gasteiger partial charge in [0.25, 0.3) is 0 Å². The molecule has 1 fully saturated rings. The molecule has 0 amide bonds. The molecule has 3 rings (SSSR count). The summed E-state index contributed by atoms with van der Waals surface area (Å²) in [7, 11) is 0. The standard InChI is InChI=1S/C18H23N3O2/c1-2-23-17-6-4-3-5-14(17)7-9-19-18-11-16(20-13-21-18)15-8-10-22-12-15/h3-6,11,13,15H,2,7-10,12H2,1H3,(H,19,20,21)/t15-/m0/s1. The van der Waals surface area contributed by atoms with Crippen LogP contribution in [0.3, 0.4) is 0 Å². The van der Waals surface area contributed by atoms with E-state index in [2.05, 4.69) is 21.4 Å². The van der Waals surface area contributed by atoms with Crippen molar-refractivity contribution >= 4 is 5.82 Å². The van der Waals surface area contributed by atoms with Crippen molar-refractivity contribution in [2.75, 3.05) is 31.7 Å². The maximum absolute atomic E-state index is 5.66. The van der Waals surface area contributed by atoms with E-state index < -0.39 is 0 Å². The Morgan fingerprint density at radius 2 is 2.22 bits per heavy atom. The van der Waals surface area contributed by atoms with Gasteiger partial charge in [0.2, 0.25) is 0 Å². The van der Waals surface area contributed by atoms with Gasteiger partial charge in [-0.1, -0.05) is 18.2 Å². The molecule has 23 heavy (non-hydrogen) atoms. The maximum Gasteiger partial charge on any atom is 0.129 e. The van der Waals surface area contributed by atoms with Gasteiger partial charge in [0.15, 0.2) is 0 Å². The van der Waals surface area contributed by atoms with E-state index in [-0.39, 0.29) is 0 Å². The molecule has 1 aliphatic rings. The van der Waals surface area contributed by atoms with Gasteiger partial charge in [0.1, 0.15) is 17.9 Å². The molecule has 1 N–H and O–H groups in total. The number of hydrogen-bond acceptors (Lipinski definition) is 5. The average Bonchev–Trinajstić information content (AvgIpc) is 3.12. The van der Waals surface area contributed by atoms with Crippen LogP contribution in [-0.2, 0) is 11.2 Å².